The molecule has 2 aromatic rings. The van der Waals surface area contributed by atoms with Crippen molar-refractivity contribution in [3.05, 3.63) is 59.7 Å². The van der Waals surface area contributed by atoms with Gasteiger partial charge in [0.15, 0.2) is 0 Å². The largest absolute Gasteiger partial charge is 0.490 e. The van der Waals surface area contributed by atoms with E-state index in [0.29, 0.717) is 0 Å². The van der Waals surface area contributed by atoms with Crippen molar-refractivity contribution in [1.82, 2.24) is 9.80 Å². The summed E-state index contributed by atoms with van der Waals surface area (Å²) >= 11 is 0. The highest BCUT2D eigenvalue weighted by molar-refractivity contribution is 5.56. The van der Waals surface area contributed by atoms with Crippen molar-refractivity contribution in [3.63, 3.8) is 0 Å². The van der Waals surface area contributed by atoms with Crippen LogP contribution in [-0.4, -0.2) is 56.2 Å². The molecule has 1 aliphatic rings. The summed E-state index contributed by atoms with van der Waals surface area (Å²) in [7, 11) is 2.18. The van der Waals surface area contributed by atoms with Crippen LogP contribution in [-0.2, 0) is 6.54 Å². The van der Waals surface area contributed by atoms with Crippen LogP contribution in [0.3, 0.4) is 0 Å². The topological polar surface area (TPSA) is 27.7 Å². The van der Waals surface area contributed by atoms with E-state index in [-0.39, 0.29) is 0 Å². The quantitative estimate of drug-likeness (QED) is 0.838. The number of hydrogen-bond acceptors (Lipinski definition) is 4. The molecule has 0 spiro atoms. The van der Waals surface area contributed by atoms with Crippen LogP contribution < -0.4 is 10.1 Å². The first-order valence-electron chi connectivity index (χ1n) is 9.13. The van der Waals surface area contributed by atoms with Gasteiger partial charge in [-0.05, 0) is 37.2 Å². The van der Waals surface area contributed by atoms with E-state index in [1.807, 2.05) is 18.2 Å². The fourth-order valence-electron chi connectivity index (χ4n) is 3.09. The normalized spacial score (nSPS) is 15.9. The molecule has 4 heteroatoms. The van der Waals surface area contributed by atoms with Crippen molar-refractivity contribution in [2.75, 3.05) is 51.7 Å². The number of hydrogen-bond donors (Lipinski definition) is 1. The first kappa shape index (κ1) is 17.8. The summed E-state index contributed by atoms with van der Waals surface area (Å²) in [5.74, 6) is 0.935. The van der Waals surface area contributed by atoms with Crippen LogP contribution in [0.15, 0.2) is 48.5 Å². The van der Waals surface area contributed by atoms with Gasteiger partial charge >= 0.3 is 0 Å². The lowest BCUT2D eigenvalue weighted by Crippen LogP contribution is -2.45. The van der Waals surface area contributed by atoms with Crippen LogP contribution in [0, 0.1) is 6.92 Å². The molecular formula is C21H29N3O. The maximum atomic E-state index is 6.07. The number of rotatable bonds is 7. The second-order valence-corrected chi connectivity index (χ2v) is 6.77. The molecule has 0 aliphatic carbocycles. The summed E-state index contributed by atoms with van der Waals surface area (Å²) in [6, 6.07) is 16.7. The average molecular weight is 339 g/mol. The number of likely N-dealkylation sites (N-methyl/N-ethyl adjacent to an activating group) is 1. The van der Waals surface area contributed by atoms with Crippen LogP contribution in [0.5, 0.6) is 5.75 Å². The summed E-state index contributed by atoms with van der Waals surface area (Å²) in [6.45, 7) is 9.23. The Bertz CT molecular complexity index is 666. The van der Waals surface area contributed by atoms with Crippen LogP contribution in [0.2, 0.25) is 0 Å². The zero-order valence-corrected chi connectivity index (χ0v) is 15.4. The van der Waals surface area contributed by atoms with E-state index >= 15 is 0 Å². The molecule has 1 heterocycles. The Hall–Kier alpha value is -2.04. The SMILES string of the molecule is Cc1ccccc1CNc1ccccc1OCCN1CCN(C)CC1. The number of ether oxygens (including phenoxy) is 1. The third kappa shape index (κ3) is 5.21. The molecule has 2 aromatic carbocycles. The van der Waals surface area contributed by atoms with Gasteiger partial charge in [-0.25, -0.2) is 0 Å². The maximum Gasteiger partial charge on any atom is 0.142 e. The van der Waals surface area contributed by atoms with Gasteiger partial charge in [-0.3, -0.25) is 4.90 Å². The number of nitrogens with one attached hydrogen (secondary N) is 1. The van der Waals surface area contributed by atoms with Gasteiger partial charge < -0.3 is 15.0 Å². The minimum absolute atomic E-state index is 0.729. The van der Waals surface area contributed by atoms with E-state index in [1.54, 1.807) is 0 Å². The molecule has 1 N–H and O–H groups in total. The van der Waals surface area contributed by atoms with Crippen LogP contribution >= 0.6 is 0 Å². The average Bonchev–Trinajstić information content (AvgIpc) is 2.64. The zero-order chi connectivity index (χ0) is 17.5. The Labute approximate surface area is 151 Å². The minimum Gasteiger partial charge on any atom is -0.490 e. The molecule has 3 rings (SSSR count). The molecule has 0 amide bonds. The molecule has 25 heavy (non-hydrogen) atoms. The lowest BCUT2D eigenvalue weighted by Gasteiger charge is -2.32. The Balaban J connectivity index is 1.51. The van der Waals surface area contributed by atoms with E-state index in [0.717, 1.165) is 57.3 Å². The van der Waals surface area contributed by atoms with Crippen molar-refractivity contribution in [3.8, 4) is 5.75 Å². The Morgan fingerprint density at radius 1 is 0.960 bits per heavy atom. The summed E-state index contributed by atoms with van der Waals surface area (Å²) in [5, 5.41) is 3.52. The van der Waals surface area contributed by atoms with Gasteiger partial charge in [0.05, 0.1) is 5.69 Å². The number of aryl methyl sites for hydroxylation is 1. The van der Waals surface area contributed by atoms with Gasteiger partial charge in [-0.2, -0.15) is 0 Å². The molecule has 0 bridgehead atoms. The number of anilines is 1. The molecule has 0 aromatic heterocycles. The van der Waals surface area contributed by atoms with E-state index in [1.165, 1.54) is 11.1 Å². The lowest BCUT2D eigenvalue weighted by molar-refractivity contribution is 0.134. The minimum atomic E-state index is 0.729. The smallest absolute Gasteiger partial charge is 0.142 e. The van der Waals surface area contributed by atoms with Crippen molar-refractivity contribution < 1.29 is 4.74 Å². The van der Waals surface area contributed by atoms with E-state index < -0.39 is 0 Å². The Kier molecular flexibility index (Phi) is 6.31. The highest BCUT2D eigenvalue weighted by Gasteiger charge is 2.13. The molecule has 0 unspecified atom stereocenters. The number of piperazine rings is 1. The summed E-state index contributed by atoms with van der Waals surface area (Å²) < 4.78 is 6.07. The highest BCUT2D eigenvalue weighted by atomic mass is 16.5. The number of nitrogens with zero attached hydrogens (tertiary/aromatic N) is 2. The standard InChI is InChI=1S/C21H29N3O/c1-18-7-3-4-8-19(18)17-22-20-9-5-6-10-21(20)25-16-15-24-13-11-23(2)12-14-24/h3-10,22H,11-17H2,1-2H3. The van der Waals surface area contributed by atoms with Crippen LogP contribution in [0.1, 0.15) is 11.1 Å². The predicted molar refractivity (Wildman–Crippen MR) is 104 cm³/mol. The van der Waals surface area contributed by atoms with Crippen LogP contribution in [0.4, 0.5) is 5.69 Å². The highest BCUT2D eigenvalue weighted by Crippen LogP contribution is 2.24. The van der Waals surface area contributed by atoms with E-state index in [9.17, 15) is 0 Å². The Morgan fingerprint density at radius 3 is 2.48 bits per heavy atom. The van der Waals surface area contributed by atoms with Gasteiger partial charge in [0, 0.05) is 39.3 Å². The molecule has 4 nitrogen and oxygen atoms in total. The summed E-state index contributed by atoms with van der Waals surface area (Å²) in [6.07, 6.45) is 0. The second-order valence-electron chi connectivity index (χ2n) is 6.77. The third-order valence-electron chi connectivity index (χ3n) is 4.88. The fraction of sp³-hybridized carbons (Fsp3) is 0.429. The first-order valence-corrected chi connectivity index (χ1v) is 9.13. The molecule has 0 saturated carbocycles. The van der Waals surface area contributed by atoms with Crippen molar-refractivity contribution in [2.45, 2.75) is 13.5 Å². The van der Waals surface area contributed by atoms with E-state index in [4.69, 9.17) is 4.74 Å². The predicted octanol–water partition coefficient (Wildman–Crippen LogP) is 3.23. The summed E-state index contributed by atoms with van der Waals surface area (Å²) in [5.41, 5.74) is 3.68. The zero-order valence-electron chi connectivity index (χ0n) is 15.4. The van der Waals surface area contributed by atoms with Gasteiger partial charge in [-0.15, -0.1) is 0 Å². The van der Waals surface area contributed by atoms with Crippen molar-refractivity contribution in [1.29, 1.82) is 0 Å². The fourth-order valence-corrected chi connectivity index (χ4v) is 3.09. The van der Waals surface area contributed by atoms with Gasteiger partial charge in [0.2, 0.25) is 0 Å². The molecule has 1 aliphatic heterocycles. The molecule has 0 radical (unpaired) electrons. The Morgan fingerprint density at radius 2 is 1.68 bits per heavy atom. The molecular weight excluding hydrogens is 310 g/mol. The number of para-hydroxylation sites is 2. The number of benzene rings is 2. The summed E-state index contributed by atoms with van der Waals surface area (Å²) in [4.78, 5) is 4.85. The molecule has 1 fully saturated rings. The second kappa shape index (κ2) is 8.88. The first-order chi connectivity index (χ1) is 12.2. The van der Waals surface area contributed by atoms with Gasteiger partial charge in [-0.1, -0.05) is 36.4 Å². The molecule has 1 saturated heterocycles. The van der Waals surface area contributed by atoms with Gasteiger partial charge in [0.25, 0.3) is 0 Å². The van der Waals surface area contributed by atoms with Crippen molar-refractivity contribution in [2.24, 2.45) is 0 Å². The van der Waals surface area contributed by atoms with E-state index in [2.05, 4.69) is 59.4 Å². The van der Waals surface area contributed by atoms with Gasteiger partial charge in [0.1, 0.15) is 12.4 Å². The molecule has 134 valence electrons. The molecule has 0 atom stereocenters. The monoisotopic (exact) mass is 339 g/mol. The third-order valence-corrected chi connectivity index (χ3v) is 4.88. The van der Waals surface area contributed by atoms with Crippen molar-refractivity contribution >= 4 is 5.69 Å². The maximum absolute atomic E-state index is 6.07. The lowest BCUT2D eigenvalue weighted by atomic mass is 10.1. The van der Waals surface area contributed by atoms with Crippen LogP contribution in [0.25, 0.3) is 0 Å².